The van der Waals surface area contributed by atoms with Gasteiger partial charge in [0, 0.05) is 6.07 Å². The van der Waals surface area contributed by atoms with E-state index in [1.54, 1.807) is 12.3 Å². The summed E-state index contributed by atoms with van der Waals surface area (Å²) in [5.74, 6) is -0.0767. The van der Waals surface area contributed by atoms with Crippen molar-refractivity contribution in [2.24, 2.45) is 0 Å². The summed E-state index contributed by atoms with van der Waals surface area (Å²) in [5.41, 5.74) is 0.980. The van der Waals surface area contributed by atoms with E-state index >= 15 is 0 Å². The van der Waals surface area contributed by atoms with Gasteiger partial charge in [0.1, 0.15) is 35.6 Å². The zero-order valence-corrected chi connectivity index (χ0v) is 13.2. The first kappa shape index (κ1) is 15.1. The van der Waals surface area contributed by atoms with Crippen molar-refractivity contribution in [3.05, 3.63) is 35.4 Å². The first-order valence-corrected chi connectivity index (χ1v) is 7.65. The van der Waals surface area contributed by atoms with Crippen molar-refractivity contribution in [2.45, 2.75) is 0 Å². The Kier molecular flexibility index (Phi) is 3.91. The van der Waals surface area contributed by atoms with Crippen LogP contribution < -0.4 is 9.47 Å². The van der Waals surface area contributed by atoms with Crippen molar-refractivity contribution < 1.29 is 18.6 Å². The predicted octanol–water partition coefficient (Wildman–Crippen LogP) is 2.40. The molecule has 1 aliphatic rings. The molecule has 2 aromatic heterocycles. The minimum absolute atomic E-state index is 0.127. The van der Waals surface area contributed by atoms with Crippen LogP contribution in [0.4, 0.5) is 4.39 Å². The molecule has 3 heterocycles. The van der Waals surface area contributed by atoms with E-state index in [-0.39, 0.29) is 24.4 Å². The molecular weight excluding hydrogens is 339 g/mol. The zero-order valence-electron chi connectivity index (χ0n) is 12.4. The van der Waals surface area contributed by atoms with Crippen LogP contribution in [-0.4, -0.2) is 46.2 Å². The van der Waals surface area contributed by atoms with E-state index in [1.807, 2.05) is 0 Å². The smallest absolute Gasteiger partial charge is 0.319 e. The molecule has 7 nitrogen and oxygen atoms in total. The fraction of sp³-hybridized carbons (Fsp3) is 0.267. The molecule has 0 spiro atoms. The number of hydrogen-bond acceptors (Lipinski definition) is 6. The van der Waals surface area contributed by atoms with Crippen LogP contribution in [0.3, 0.4) is 0 Å². The first-order valence-electron chi connectivity index (χ1n) is 7.27. The molecule has 0 atom stereocenters. The number of rotatable bonds is 0. The van der Waals surface area contributed by atoms with Crippen LogP contribution >= 0.6 is 11.6 Å². The molecule has 0 saturated heterocycles. The lowest BCUT2D eigenvalue weighted by Gasteiger charge is -2.12. The van der Waals surface area contributed by atoms with Gasteiger partial charge in [-0.3, -0.25) is 0 Å². The van der Waals surface area contributed by atoms with Gasteiger partial charge in [0.05, 0.1) is 24.8 Å². The fourth-order valence-corrected chi connectivity index (χ4v) is 2.58. The third-order valence-corrected chi connectivity index (χ3v) is 3.74. The topological polar surface area (TPSA) is 71.3 Å². The average Bonchev–Trinajstić information content (AvgIpc) is 2.98. The molecule has 124 valence electrons. The van der Waals surface area contributed by atoms with E-state index in [9.17, 15) is 4.39 Å². The van der Waals surface area contributed by atoms with Crippen LogP contribution in [0.15, 0.2) is 24.4 Å². The molecule has 9 heteroatoms. The number of fused-ring (bicyclic) bond motifs is 3. The lowest BCUT2D eigenvalue weighted by molar-refractivity contribution is 0.0742. The quantitative estimate of drug-likeness (QED) is 0.580. The van der Waals surface area contributed by atoms with Crippen LogP contribution in [0.25, 0.3) is 16.7 Å². The monoisotopic (exact) mass is 350 g/mol. The van der Waals surface area contributed by atoms with Crippen molar-refractivity contribution in [1.82, 2.24) is 19.7 Å². The number of nitrogens with zero attached hydrogens (tertiary/aromatic N) is 4. The van der Waals surface area contributed by atoms with E-state index in [0.717, 1.165) is 0 Å². The Balaban J connectivity index is 1.93. The number of ether oxygens (including phenoxy) is 3. The second-order valence-electron chi connectivity index (χ2n) is 5.01. The Morgan fingerprint density at radius 2 is 1.92 bits per heavy atom. The molecule has 0 radical (unpaired) electrons. The van der Waals surface area contributed by atoms with Gasteiger partial charge in [0.25, 0.3) is 0 Å². The van der Waals surface area contributed by atoms with Crippen molar-refractivity contribution in [2.75, 3.05) is 26.4 Å². The van der Waals surface area contributed by atoms with Crippen molar-refractivity contribution in [3.63, 3.8) is 0 Å². The maximum Gasteiger partial charge on any atom is 0.319 e. The zero-order chi connectivity index (χ0) is 16.5. The Labute approximate surface area is 140 Å². The minimum Gasteiger partial charge on any atom is -0.489 e. The van der Waals surface area contributed by atoms with Gasteiger partial charge in [0.15, 0.2) is 5.65 Å². The van der Waals surface area contributed by atoms with Crippen LogP contribution in [-0.2, 0) is 4.74 Å². The Hall–Kier alpha value is -2.45. The Morgan fingerprint density at radius 3 is 2.79 bits per heavy atom. The van der Waals surface area contributed by atoms with Gasteiger partial charge in [-0.25, -0.2) is 9.07 Å². The third kappa shape index (κ3) is 2.74. The Morgan fingerprint density at radius 1 is 1.08 bits per heavy atom. The van der Waals surface area contributed by atoms with Gasteiger partial charge in [0.2, 0.25) is 0 Å². The molecule has 3 aromatic rings. The summed E-state index contributed by atoms with van der Waals surface area (Å²) in [7, 11) is 0. The normalized spacial score (nSPS) is 14.9. The summed E-state index contributed by atoms with van der Waals surface area (Å²) in [6, 6.07) is 4.31. The maximum atomic E-state index is 13.6. The first-order chi connectivity index (χ1) is 11.7. The lowest BCUT2D eigenvalue weighted by atomic mass is 10.3. The number of hydrogen-bond donors (Lipinski definition) is 0. The van der Waals surface area contributed by atoms with Crippen molar-refractivity contribution in [3.8, 4) is 17.4 Å². The summed E-state index contributed by atoms with van der Waals surface area (Å²) >= 11 is 6.18. The second kappa shape index (κ2) is 6.21. The van der Waals surface area contributed by atoms with Crippen LogP contribution in [0.1, 0.15) is 0 Å². The molecule has 0 N–H and O–H groups in total. The summed E-state index contributed by atoms with van der Waals surface area (Å²) < 4.78 is 31.6. The summed E-state index contributed by atoms with van der Waals surface area (Å²) in [6.07, 6.45) is 1.55. The molecular formula is C15H12ClFN4O3. The molecule has 1 aliphatic heterocycles. The summed E-state index contributed by atoms with van der Waals surface area (Å²) in [4.78, 5) is 8.43. The molecule has 4 rings (SSSR count). The highest BCUT2D eigenvalue weighted by atomic mass is 35.5. The third-order valence-electron chi connectivity index (χ3n) is 3.46. The number of aromatic nitrogens is 4. The fourth-order valence-electron chi connectivity index (χ4n) is 2.38. The highest BCUT2D eigenvalue weighted by molar-refractivity contribution is 6.34. The molecule has 2 bridgehead atoms. The summed E-state index contributed by atoms with van der Waals surface area (Å²) in [5, 5.41) is 5.07. The molecule has 0 aliphatic carbocycles. The highest BCUT2D eigenvalue weighted by Gasteiger charge is 2.17. The van der Waals surface area contributed by atoms with Gasteiger partial charge < -0.3 is 14.2 Å². The van der Waals surface area contributed by atoms with E-state index < -0.39 is 5.82 Å². The van der Waals surface area contributed by atoms with Gasteiger partial charge in [-0.1, -0.05) is 11.6 Å². The predicted molar refractivity (Wildman–Crippen MR) is 83.4 cm³/mol. The average molecular weight is 351 g/mol. The van der Waals surface area contributed by atoms with Gasteiger partial charge in [-0.15, -0.1) is 0 Å². The minimum atomic E-state index is -0.410. The van der Waals surface area contributed by atoms with Crippen molar-refractivity contribution >= 4 is 22.6 Å². The SMILES string of the molecule is Fc1ccc2c(c1)OCCOCCOc1nc(Cl)c3cnn-2c3n1. The van der Waals surface area contributed by atoms with E-state index in [2.05, 4.69) is 15.1 Å². The van der Waals surface area contributed by atoms with E-state index in [0.29, 0.717) is 35.7 Å². The van der Waals surface area contributed by atoms with Crippen LogP contribution in [0.2, 0.25) is 5.15 Å². The number of benzene rings is 1. The van der Waals surface area contributed by atoms with E-state index in [4.69, 9.17) is 25.8 Å². The van der Waals surface area contributed by atoms with E-state index in [1.165, 1.54) is 16.8 Å². The Bertz CT molecular complexity index is 902. The van der Waals surface area contributed by atoms with Crippen LogP contribution in [0, 0.1) is 5.82 Å². The lowest BCUT2D eigenvalue weighted by Crippen LogP contribution is -2.13. The largest absolute Gasteiger partial charge is 0.489 e. The number of halogens is 2. The molecule has 24 heavy (non-hydrogen) atoms. The van der Waals surface area contributed by atoms with Gasteiger partial charge in [-0.05, 0) is 12.1 Å². The second-order valence-corrected chi connectivity index (χ2v) is 5.37. The van der Waals surface area contributed by atoms with Crippen LogP contribution in [0.5, 0.6) is 11.8 Å². The molecule has 0 fully saturated rings. The van der Waals surface area contributed by atoms with Gasteiger partial charge in [-0.2, -0.15) is 15.1 Å². The van der Waals surface area contributed by atoms with Gasteiger partial charge >= 0.3 is 6.01 Å². The molecule has 0 unspecified atom stereocenters. The maximum absolute atomic E-state index is 13.6. The van der Waals surface area contributed by atoms with Crippen molar-refractivity contribution in [1.29, 1.82) is 0 Å². The summed E-state index contributed by atoms with van der Waals surface area (Å²) in [6.45, 7) is 1.23. The molecule has 0 amide bonds. The highest BCUT2D eigenvalue weighted by Crippen LogP contribution is 2.29. The standard InChI is InChI=1S/C15H12ClFN4O3/c16-13-10-8-18-21-11-2-1-9(17)7-12(11)23-5-3-22-4-6-24-15(19-13)20-14(10)21/h1-2,7-8H,3-6H2. The molecule has 1 aromatic carbocycles. The molecule has 0 saturated carbocycles.